The first-order valence-corrected chi connectivity index (χ1v) is 9.10. The summed E-state index contributed by atoms with van der Waals surface area (Å²) in [4.78, 5) is 15.8. The molecule has 12 heteroatoms. The second-order valence-corrected chi connectivity index (χ2v) is 6.57. The lowest BCUT2D eigenvalue weighted by Crippen LogP contribution is -2.28. The number of alkyl halides is 6. The number of rotatable bonds is 6. The Morgan fingerprint density at radius 2 is 1.69 bits per heavy atom. The van der Waals surface area contributed by atoms with Crippen molar-refractivity contribution in [2.45, 2.75) is 18.8 Å². The normalized spacial score (nSPS) is 12.0. The van der Waals surface area contributed by atoms with E-state index in [0.717, 1.165) is 11.6 Å². The topological polar surface area (TPSA) is 69.0 Å². The molecule has 0 saturated carbocycles. The molecule has 0 fully saturated rings. The van der Waals surface area contributed by atoms with Crippen LogP contribution in [0.5, 0.6) is 5.75 Å². The van der Waals surface area contributed by atoms with E-state index >= 15 is 0 Å². The van der Waals surface area contributed by atoms with Crippen molar-refractivity contribution in [3.8, 4) is 11.6 Å². The minimum atomic E-state index is -5.01. The second kappa shape index (κ2) is 8.89. The molecule has 1 aromatic carbocycles. The van der Waals surface area contributed by atoms with E-state index in [9.17, 15) is 31.1 Å². The number of hydrogen-bond acceptors (Lipinski definition) is 4. The summed E-state index contributed by atoms with van der Waals surface area (Å²) in [6.07, 6.45) is -8.26. The van der Waals surface area contributed by atoms with Gasteiger partial charge in [0.2, 0.25) is 0 Å². The molecule has 0 saturated heterocycles. The average molecular weight is 458 g/mol. The van der Waals surface area contributed by atoms with Crippen LogP contribution < -0.4 is 10.1 Å². The standard InChI is InChI=1S/C20H16F6N4O2/c1-32-14-5-2-12(3-6-14)8-9-27-18(31)15-11-29-30(17(15)20(24,25)26)16-7-4-13(10-28-16)19(21,22)23/h2-7,10-11H,8-9H2,1H3,(H,27,31). The molecular weight excluding hydrogens is 442 g/mol. The van der Waals surface area contributed by atoms with Crippen LogP contribution in [0.25, 0.3) is 5.82 Å². The summed E-state index contributed by atoms with van der Waals surface area (Å²) in [6, 6.07) is 8.25. The lowest BCUT2D eigenvalue weighted by atomic mass is 10.1. The van der Waals surface area contributed by atoms with Gasteiger partial charge < -0.3 is 10.1 Å². The Balaban J connectivity index is 1.79. The first-order valence-electron chi connectivity index (χ1n) is 9.10. The number of hydrogen-bond donors (Lipinski definition) is 1. The van der Waals surface area contributed by atoms with E-state index in [4.69, 9.17) is 4.74 Å². The maximum atomic E-state index is 13.7. The van der Waals surface area contributed by atoms with Crippen molar-refractivity contribution in [1.29, 1.82) is 0 Å². The van der Waals surface area contributed by atoms with Crippen LogP contribution >= 0.6 is 0 Å². The Hall–Kier alpha value is -3.57. The highest BCUT2D eigenvalue weighted by molar-refractivity contribution is 5.95. The summed E-state index contributed by atoms with van der Waals surface area (Å²) >= 11 is 0. The molecule has 0 spiro atoms. The van der Waals surface area contributed by atoms with Crippen LogP contribution in [0.3, 0.4) is 0 Å². The van der Waals surface area contributed by atoms with Crippen molar-refractivity contribution < 1.29 is 35.9 Å². The highest BCUT2D eigenvalue weighted by Crippen LogP contribution is 2.34. The molecular formula is C20H16F6N4O2. The zero-order valence-corrected chi connectivity index (χ0v) is 16.5. The molecule has 32 heavy (non-hydrogen) atoms. The van der Waals surface area contributed by atoms with Crippen LogP contribution in [-0.2, 0) is 18.8 Å². The van der Waals surface area contributed by atoms with E-state index in [0.29, 0.717) is 35.3 Å². The molecule has 1 amide bonds. The molecule has 170 valence electrons. The van der Waals surface area contributed by atoms with Gasteiger partial charge in [-0.05, 0) is 36.2 Å². The number of carbonyl (C=O) groups is 1. The van der Waals surface area contributed by atoms with E-state index in [2.05, 4.69) is 15.4 Å². The van der Waals surface area contributed by atoms with E-state index in [1.54, 1.807) is 24.3 Å². The fourth-order valence-electron chi connectivity index (χ4n) is 2.85. The smallest absolute Gasteiger partial charge is 0.434 e. The summed E-state index contributed by atoms with van der Waals surface area (Å²) in [5.41, 5.74) is -2.51. The van der Waals surface area contributed by atoms with Gasteiger partial charge in [0.15, 0.2) is 11.5 Å². The molecule has 1 N–H and O–H groups in total. The third-order valence-corrected chi connectivity index (χ3v) is 4.43. The summed E-state index contributed by atoms with van der Waals surface area (Å²) in [6.45, 7) is 0.0478. The number of nitrogens with zero attached hydrogens (tertiary/aromatic N) is 3. The fourth-order valence-corrected chi connectivity index (χ4v) is 2.85. The van der Waals surface area contributed by atoms with Crippen molar-refractivity contribution in [2.75, 3.05) is 13.7 Å². The third kappa shape index (κ3) is 5.18. The molecule has 3 rings (SSSR count). The minimum absolute atomic E-state index is 0.0478. The molecule has 2 heterocycles. The Morgan fingerprint density at radius 1 is 1.00 bits per heavy atom. The summed E-state index contributed by atoms with van der Waals surface area (Å²) in [5.74, 6) is -0.900. The summed E-state index contributed by atoms with van der Waals surface area (Å²) < 4.78 is 84.3. The highest BCUT2D eigenvalue weighted by Gasteiger charge is 2.41. The number of nitrogens with one attached hydrogen (secondary N) is 1. The largest absolute Gasteiger partial charge is 0.497 e. The van der Waals surface area contributed by atoms with Crippen LogP contribution in [0.1, 0.15) is 27.2 Å². The molecule has 6 nitrogen and oxygen atoms in total. The van der Waals surface area contributed by atoms with Crippen LogP contribution in [0.4, 0.5) is 26.3 Å². The lowest BCUT2D eigenvalue weighted by Gasteiger charge is -2.13. The van der Waals surface area contributed by atoms with Crippen LogP contribution in [0, 0.1) is 0 Å². The van der Waals surface area contributed by atoms with Gasteiger partial charge in [-0.1, -0.05) is 12.1 Å². The average Bonchev–Trinajstić information content (AvgIpc) is 3.20. The third-order valence-electron chi connectivity index (χ3n) is 4.43. The molecule has 3 aromatic rings. The zero-order chi connectivity index (χ0) is 23.5. The van der Waals surface area contributed by atoms with Gasteiger partial charge in [-0.25, -0.2) is 9.67 Å². The van der Waals surface area contributed by atoms with Gasteiger partial charge in [-0.2, -0.15) is 31.4 Å². The number of benzene rings is 1. The van der Waals surface area contributed by atoms with E-state index in [-0.39, 0.29) is 6.54 Å². The fraction of sp³-hybridized carbons (Fsp3) is 0.250. The minimum Gasteiger partial charge on any atom is -0.497 e. The number of pyridine rings is 1. The number of amides is 1. The van der Waals surface area contributed by atoms with Crippen molar-refractivity contribution in [1.82, 2.24) is 20.1 Å². The summed E-state index contributed by atoms with van der Waals surface area (Å²) in [5, 5.41) is 5.92. The SMILES string of the molecule is COc1ccc(CCNC(=O)c2cnn(-c3ccc(C(F)(F)F)cn3)c2C(F)(F)F)cc1. The van der Waals surface area contributed by atoms with E-state index in [1.807, 2.05) is 0 Å². The van der Waals surface area contributed by atoms with E-state index < -0.39 is 40.9 Å². The number of methoxy groups -OCH3 is 1. The first-order chi connectivity index (χ1) is 15.0. The summed E-state index contributed by atoms with van der Waals surface area (Å²) in [7, 11) is 1.51. The zero-order valence-electron chi connectivity index (χ0n) is 16.5. The number of aromatic nitrogens is 3. The van der Waals surface area contributed by atoms with Gasteiger partial charge in [0.05, 0.1) is 24.4 Å². The maximum absolute atomic E-state index is 13.7. The quantitative estimate of drug-likeness (QED) is 0.560. The monoisotopic (exact) mass is 458 g/mol. The number of carbonyl (C=O) groups excluding carboxylic acids is 1. The van der Waals surface area contributed by atoms with E-state index in [1.165, 1.54) is 7.11 Å². The number of halogens is 6. The predicted molar refractivity (Wildman–Crippen MR) is 100 cm³/mol. The molecule has 0 radical (unpaired) electrons. The van der Waals surface area contributed by atoms with Crippen LogP contribution in [0.2, 0.25) is 0 Å². The highest BCUT2D eigenvalue weighted by atomic mass is 19.4. The van der Waals surface area contributed by atoms with Crippen molar-refractivity contribution >= 4 is 5.91 Å². The maximum Gasteiger partial charge on any atom is 0.434 e. The molecule has 0 aliphatic rings. The Morgan fingerprint density at radius 3 is 2.22 bits per heavy atom. The van der Waals surface area contributed by atoms with Gasteiger partial charge in [-0.15, -0.1) is 0 Å². The Labute approximate surface area is 177 Å². The second-order valence-electron chi connectivity index (χ2n) is 6.57. The van der Waals surface area contributed by atoms with Crippen LogP contribution in [-0.4, -0.2) is 34.3 Å². The van der Waals surface area contributed by atoms with Crippen molar-refractivity contribution in [3.05, 3.63) is 71.2 Å². The molecule has 0 atom stereocenters. The van der Waals surface area contributed by atoms with Gasteiger partial charge in [0, 0.05) is 12.7 Å². The Bertz CT molecular complexity index is 1070. The molecule has 0 unspecified atom stereocenters. The lowest BCUT2D eigenvalue weighted by molar-refractivity contribution is -0.143. The van der Waals surface area contributed by atoms with Crippen molar-refractivity contribution in [2.24, 2.45) is 0 Å². The molecule has 2 aromatic heterocycles. The Kier molecular flexibility index (Phi) is 6.42. The first kappa shape index (κ1) is 23.1. The predicted octanol–water partition coefficient (Wildman–Crippen LogP) is 4.29. The molecule has 0 aliphatic heterocycles. The van der Waals surface area contributed by atoms with Gasteiger partial charge in [0.25, 0.3) is 5.91 Å². The van der Waals surface area contributed by atoms with Crippen LogP contribution in [0.15, 0.2) is 48.8 Å². The van der Waals surface area contributed by atoms with Gasteiger partial charge in [0.1, 0.15) is 5.75 Å². The molecule has 0 bridgehead atoms. The number of ether oxygens (including phenoxy) is 1. The van der Waals surface area contributed by atoms with Gasteiger partial charge in [-0.3, -0.25) is 4.79 Å². The molecule has 0 aliphatic carbocycles. The van der Waals surface area contributed by atoms with Gasteiger partial charge >= 0.3 is 12.4 Å². The van der Waals surface area contributed by atoms with Crippen molar-refractivity contribution in [3.63, 3.8) is 0 Å².